The number of carboxylic acid groups (broad SMARTS) is 1. The van der Waals surface area contributed by atoms with Gasteiger partial charge in [-0.25, -0.2) is 13.2 Å². The minimum atomic E-state index is -3.89. The molecule has 0 unspecified atom stereocenters. The molecule has 1 aliphatic heterocycles. The van der Waals surface area contributed by atoms with E-state index < -0.39 is 21.0 Å². The van der Waals surface area contributed by atoms with Gasteiger partial charge in [0, 0.05) is 29.3 Å². The number of carbonyl (C=O) groups is 1. The maximum atomic E-state index is 12.7. The molecule has 9 heteroatoms. The lowest BCUT2D eigenvalue weighted by atomic mass is 10.1. The lowest BCUT2D eigenvalue weighted by Crippen LogP contribution is -2.34. The summed E-state index contributed by atoms with van der Waals surface area (Å²) in [5.41, 5.74) is -0.0308. The van der Waals surface area contributed by atoms with Crippen molar-refractivity contribution in [3.63, 3.8) is 0 Å². The van der Waals surface area contributed by atoms with Crippen LogP contribution in [0.2, 0.25) is 0 Å². The number of sulfonamides is 1. The molecule has 1 aromatic heterocycles. The van der Waals surface area contributed by atoms with E-state index in [2.05, 4.69) is 24.0 Å². The molecule has 1 aliphatic rings. The molecule has 0 radical (unpaired) electrons. The molecule has 1 fully saturated rings. The maximum absolute atomic E-state index is 12.7. The highest BCUT2D eigenvalue weighted by atomic mass is 32.2. The predicted molar refractivity (Wildman–Crippen MR) is 80.2 cm³/mol. The highest BCUT2D eigenvalue weighted by molar-refractivity contribution is 8.00. The van der Waals surface area contributed by atoms with Gasteiger partial charge in [-0.1, -0.05) is 13.8 Å². The first-order valence-corrected chi connectivity index (χ1v) is 9.00. The summed E-state index contributed by atoms with van der Waals surface area (Å²) < 4.78 is 26.7. The smallest absolute Gasteiger partial charge is 0.340 e. The topological polar surface area (TPSA) is 103 Å². The first-order chi connectivity index (χ1) is 9.65. The van der Waals surface area contributed by atoms with E-state index in [4.69, 9.17) is 0 Å². The summed E-state index contributed by atoms with van der Waals surface area (Å²) in [7, 11) is -3.89. The summed E-state index contributed by atoms with van der Waals surface area (Å²) in [4.78, 5) is 11.3. The van der Waals surface area contributed by atoms with Crippen molar-refractivity contribution < 1.29 is 18.3 Å². The van der Waals surface area contributed by atoms with E-state index in [1.165, 1.54) is 11.2 Å². The van der Waals surface area contributed by atoms with Crippen LogP contribution in [0.4, 0.5) is 0 Å². The van der Waals surface area contributed by atoms with Crippen molar-refractivity contribution in [2.24, 2.45) is 0 Å². The molecule has 1 aromatic rings. The molecule has 2 rings (SSSR count). The fourth-order valence-electron chi connectivity index (χ4n) is 2.21. The maximum Gasteiger partial charge on any atom is 0.340 e. The molecule has 7 nitrogen and oxygen atoms in total. The second-order valence-corrected chi connectivity index (χ2v) is 9.25. The van der Waals surface area contributed by atoms with Crippen LogP contribution < -0.4 is 0 Å². The van der Waals surface area contributed by atoms with Crippen molar-refractivity contribution in [3.05, 3.63) is 11.3 Å². The lowest BCUT2D eigenvalue weighted by molar-refractivity contribution is 0.0691. The summed E-state index contributed by atoms with van der Waals surface area (Å²) in [6, 6.07) is 0. The van der Waals surface area contributed by atoms with Gasteiger partial charge in [-0.2, -0.15) is 21.2 Å². The van der Waals surface area contributed by atoms with Gasteiger partial charge in [0.05, 0.1) is 0 Å². The Hall–Kier alpha value is -1.06. The third-order valence-corrected chi connectivity index (χ3v) is 6.71. The number of thioether (sulfide) groups is 1. The largest absolute Gasteiger partial charge is 0.478 e. The monoisotopic (exact) mass is 333 g/mol. The van der Waals surface area contributed by atoms with Crippen LogP contribution in [0.5, 0.6) is 0 Å². The molecular formula is C12H19N3O4S2. The van der Waals surface area contributed by atoms with Crippen molar-refractivity contribution in [1.82, 2.24) is 14.5 Å². The molecular weight excluding hydrogens is 314 g/mol. The molecule has 0 saturated carbocycles. The Balaban J connectivity index is 2.37. The normalized spacial score (nSPS) is 20.1. The second kappa shape index (κ2) is 5.62. The highest BCUT2D eigenvalue weighted by Gasteiger charge is 2.35. The first kappa shape index (κ1) is 16.3. The number of carboxylic acids is 1. The molecule has 0 bridgehead atoms. The van der Waals surface area contributed by atoms with Gasteiger partial charge in [-0.05, 0) is 13.3 Å². The molecule has 2 N–H and O–H groups in total. The number of aromatic amines is 1. The summed E-state index contributed by atoms with van der Waals surface area (Å²) >= 11 is 1.72. The summed E-state index contributed by atoms with van der Waals surface area (Å²) in [6.07, 6.45) is 0.711. The van der Waals surface area contributed by atoms with Gasteiger partial charge in [0.15, 0.2) is 0 Å². The van der Waals surface area contributed by atoms with E-state index in [-0.39, 0.29) is 16.0 Å². The van der Waals surface area contributed by atoms with Gasteiger partial charge in [0.25, 0.3) is 10.0 Å². The molecule has 118 valence electrons. The SMILES string of the molecule is Cc1[nH]nc(S(=O)(=O)N2CCSC(C)(C)CC2)c1C(=O)O. The third-order valence-electron chi connectivity index (χ3n) is 3.51. The van der Waals surface area contributed by atoms with Crippen molar-refractivity contribution in [1.29, 1.82) is 0 Å². The standard InChI is InChI=1S/C12H19N3O4S2/c1-8-9(11(16)17)10(14-13-8)21(18,19)15-5-4-12(2,3)20-7-6-15/h4-7H2,1-3H3,(H,13,14)(H,16,17). The van der Waals surface area contributed by atoms with Crippen molar-refractivity contribution in [2.45, 2.75) is 37.0 Å². The number of H-pyrrole nitrogens is 1. The van der Waals surface area contributed by atoms with E-state index in [0.717, 1.165) is 0 Å². The number of aromatic nitrogens is 2. The van der Waals surface area contributed by atoms with E-state index in [1.807, 2.05) is 0 Å². The van der Waals surface area contributed by atoms with Crippen LogP contribution in [0.25, 0.3) is 0 Å². The number of nitrogens with zero attached hydrogens (tertiary/aromatic N) is 2. The number of hydrogen-bond acceptors (Lipinski definition) is 5. The van der Waals surface area contributed by atoms with E-state index in [9.17, 15) is 18.3 Å². The lowest BCUT2D eigenvalue weighted by Gasteiger charge is -2.22. The van der Waals surface area contributed by atoms with Gasteiger partial charge in [-0.3, -0.25) is 5.10 Å². The van der Waals surface area contributed by atoms with Crippen molar-refractivity contribution in [3.8, 4) is 0 Å². The van der Waals surface area contributed by atoms with Gasteiger partial charge < -0.3 is 5.11 Å². The summed E-state index contributed by atoms with van der Waals surface area (Å²) in [6.45, 7) is 6.38. The zero-order valence-electron chi connectivity index (χ0n) is 12.2. The molecule has 0 atom stereocenters. The first-order valence-electron chi connectivity index (χ1n) is 6.57. The fourth-order valence-corrected chi connectivity index (χ4v) is 4.99. The Bertz CT molecular complexity index is 651. The molecule has 0 amide bonds. The van der Waals surface area contributed by atoms with Crippen LogP contribution >= 0.6 is 11.8 Å². The van der Waals surface area contributed by atoms with Crippen LogP contribution in [-0.4, -0.2) is 57.6 Å². The number of hydrogen-bond donors (Lipinski definition) is 2. The molecule has 1 saturated heterocycles. The Morgan fingerprint density at radius 2 is 2.10 bits per heavy atom. The Kier molecular flexibility index (Phi) is 4.36. The van der Waals surface area contributed by atoms with Gasteiger partial charge >= 0.3 is 5.97 Å². The van der Waals surface area contributed by atoms with E-state index in [0.29, 0.717) is 25.3 Å². The van der Waals surface area contributed by atoms with Gasteiger partial charge in [0.2, 0.25) is 5.03 Å². The molecule has 0 aliphatic carbocycles. The van der Waals surface area contributed by atoms with E-state index in [1.54, 1.807) is 11.8 Å². The quantitative estimate of drug-likeness (QED) is 0.865. The van der Waals surface area contributed by atoms with Gasteiger partial charge in [0.1, 0.15) is 5.56 Å². The minimum Gasteiger partial charge on any atom is -0.478 e. The Morgan fingerprint density at radius 3 is 2.71 bits per heavy atom. The average molecular weight is 333 g/mol. The number of rotatable bonds is 3. The van der Waals surface area contributed by atoms with Crippen LogP contribution in [-0.2, 0) is 10.0 Å². The zero-order valence-corrected chi connectivity index (χ0v) is 13.8. The number of nitrogens with one attached hydrogen (secondary N) is 1. The van der Waals surface area contributed by atoms with Crippen LogP contribution in [0.1, 0.15) is 36.3 Å². The Labute approximate surface area is 128 Å². The predicted octanol–water partition coefficient (Wildman–Crippen LogP) is 1.32. The van der Waals surface area contributed by atoms with E-state index >= 15 is 0 Å². The summed E-state index contributed by atoms with van der Waals surface area (Å²) in [5.74, 6) is -0.609. The highest BCUT2D eigenvalue weighted by Crippen LogP contribution is 2.32. The minimum absolute atomic E-state index is 0.0153. The Morgan fingerprint density at radius 1 is 1.43 bits per heavy atom. The summed E-state index contributed by atoms with van der Waals surface area (Å²) in [5, 5.41) is 15.0. The third kappa shape index (κ3) is 3.24. The van der Waals surface area contributed by atoms with Crippen molar-refractivity contribution >= 4 is 27.8 Å². The van der Waals surface area contributed by atoms with Gasteiger partial charge in [-0.15, -0.1) is 0 Å². The molecule has 21 heavy (non-hydrogen) atoms. The van der Waals surface area contributed by atoms with Crippen molar-refractivity contribution in [2.75, 3.05) is 18.8 Å². The molecule has 2 heterocycles. The molecule has 0 aromatic carbocycles. The average Bonchev–Trinajstić information content (AvgIpc) is 2.65. The van der Waals surface area contributed by atoms with Crippen LogP contribution in [0.3, 0.4) is 0 Å². The number of aromatic carboxylic acids is 1. The second-order valence-electron chi connectivity index (χ2n) is 5.60. The number of aryl methyl sites for hydroxylation is 1. The fraction of sp³-hybridized carbons (Fsp3) is 0.667. The van der Waals surface area contributed by atoms with Crippen LogP contribution in [0, 0.1) is 6.92 Å². The zero-order chi connectivity index (χ0) is 15.8. The van der Waals surface area contributed by atoms with Crippen LogP contribution in [0.15, 0.2) is 5.03 Å². The molecule has 0 spiro atoms.